The topological polar surface area (TPSA) is 35.2 Å². The molecule has 0 saturated heterocycles. The Morgan fingerprint density at radius 2 is 1.75 bits per heavy atom. The van der Waals surface area contributed by atoms with Crippen LogP contribution >= 0.6 is 0 Å². The molecule has 0 aliphatic rings. The number of aryl methyl sites for hydroxylation is 1. The zero-order valence-corrected chi connectivity index (χ0v) is 11.9. The van der Waals surface area contributed by atoms with Crippen LogP contribution in [0.3, 0.4) is 0 Å². The summed E-state index contributed by atoms with van der Waals surface area (Å²) >= 11 is 0. The van der Waals surface area contributed by atoms with Crippen LogP contribution in [0.2, 0.25) is 0 Å². The molecule has 20 heavy (non-hydrogen) atoms. The molecule has 2 N–H and O–H groups in total. The van der Waals surface area contributed by atoms with Crippen LogP contribution in [0.25, 0.3) is 0 Å². The van der Waals surface area contributed by atoms with Crippen molar-refractivity contribution in [2.75, 3.05) is 13.7 Å². The fraction of sp³-hybridized carbons (Fsp3) is 0.294. The van der Waals surface area contributed by atoms with E-state index in [9.17, 15) is 4.39 Å². The molecule has 0 heterocycles. The summed E-state index contributed by atoms with van der Waals surface area (Å²) in [5.41, 5.74) is 9.09. The second-order valence-corrected chi connectivity index (χ2v) is 4.91. The van der Waals surface area contributed by atoms with E-state index >= 15 is 0 Å². The van der Waals surface area contributed by atoms with E-state index in [2.05, 4.69) is 12.1 Å². The lowest BCUT2D eigenvalue weighted by Gasteiger charge is -2.18. The van der Waals surface area contributed by atoms with E-state index in [-0.39, 0.29) is 11.7 Å². The van der Waals surface area contributed by atoms with Crippen LogP contribution < -0.4 is 10.5 Å². The minimum Gasteiger partial charge on any atom is -0.496 e. The van der Waals surface area contributed by atoms with Crippen LogP contribution in [0.5, 0.6) is 5.75 Å². The first-order valence-electron chi connectivity index (χ1n) is 6.75. The normalized spacial score (nSPS) is 12.2. The summed E-state index contributed by atoms with van der Waals surface area (Å²) in [5, 5.41) is 0. The van der Waals surface area contributed by atoms with Crippen molar-refractivity contribution in [3.63, 3.8) is 0 Å². The van der Waals surface area contributed by atoms with E-state index in [0.717, 1.165) is 23.3 Å². The predicted octanol–water partition coefficient (Wildman–Crippen LogP) is 3.62. The third-order valence-electron chi connectivity index (χ3n) is 3.55. The van der Waals surface area contributed by atoms with E-state index < -0.39 is 0 Å². The van der Waals surface area contributed by atoms with Crippen LogP contribution in [0.15, 0.2) is 42.5 Å². The molecule has 0 aliphatic heterocycles. The molecule has 0 aliphatic carbocycles. The number of methoxy groups -OCH3 is 1. The van der Waals surface area contributed by atoms with Gasteiger partial charge in [0.15, 0.2) is 0 Å². The second kappa shape index (κ2) is 6.53. The summed E-state index contributed by atoms with van der Waals surface area (Å²) in [5.74, 6) is 0.843. The predicted molar refractivity (Wildman–Crippen MR) is 79.6 cm³/mol. The summed E-state index contributed by atoms with van der Waals surface area (Å²) < 4.78 is 18.3. The Kier molecular flexibility index (Phi) is 4.74. The molecule has 2 aromatic carbocycles. The molecular formula is C17H20FNO. The molecule has 3 heteroatoms. The van der Waals surface area contributed by atoms with E-state index in [0.29, 0.717) is 6.54 Å². The Balaban J connectivity index is 2.37. The smallest absolute Gasteiger partial charge is 0.123 e. The van der Waals surface area contributed by atoms with Gasteiger partial charge in [-0.05, 0) is 54.8 Å². The zero-order valence-electron chi connectivity index (χ0n) is 11.9. The van der Waals surface area contributed by atoms with Gasteiger partial charge in [0.25, 0.3) is 0 Å². The lowest BCUT2D eigenvalue weighted by molar-refractivity contribution is 0.411. The van der Waals surface area contributed by atoms with E-state index in [1.807, 2.05) is 25.1 Å². The fourth-order valence-corrected chi connectivity index (χ4v) is 2.51. The molecule has 0 bridgehead atoms. The van der Waals surface area contributed by atoms with Crippen molar-refractivity contribution in [2.45, 2.75) is 19.3 Å². The highest BCUT2D eigenvalue weighted by atomic mass is 19.1. The monoisotopic (exact) mass is 273 g/mol. The van der Waals surface area contributed by atoms with Crippen molar-refractivity contribution in [1.29, 1.82) is 0 Å². The molecule has 106 valence electrons. The van der Waals surface area contributed by atoms with Crippen LogP contribution in [-0.2, 0) is 0 Å². The lowest BCUT2D eigenvalue weighted by Crippen LogP contribution is -2.09. The Morgan fingerprint density at radius 3 is 2.30 bits per heavy atom. The maximum Gasteiger partial charge on any atom is 0.123 e. The van der Waals surface area contributed by atoms with Gasteiger partial charge in [-0.15, -0.1) is 0 Å². The quantitative estimate of drug-likeness (QED) is 0.903. The molecule has 0 spiro atoms. The summed E-state index contributed by atoms with van der Waals surface area (Å²) in [6.07, 6.45) is 0.831. The number of halogens is 1. The van der Waals surface area contributed by atoms with Gasteiger partial charge in [0.1, 0.15) is 11.6 Å². The summed E-state index contributed by atoms with van der Waals surface area (Å²) in [4.78, 5) is 0. The molecule has 0 amide bonds. The Morgan fingerprint density at radius 1 is 1.10 bits per heavy atom. The molecule has 0 fully saturated rings. The van der Waals surface area contributed by atoms with Crippen LogP contribution in [-0.4, -0.2) is 13.7 Å². The maximum absolute atomic E-state index is 13.1. The lowest BCUT2D eigenvalue weighted by atomic mass is 9.87. The first kappa shape index (κ1) is 14.5. The van der Waals surface area contributed by atoms with Crippen molar-refractivity contribution < 1.29 is 9.13 Å². The molecule has 2 rings (SSSR count). The number of benzene rings is 2. The third-order valence-corrected chi connectivity index (χ3v) is 3.55. The number of hydrogen-bond donors (Lipinski definition) is 1. The Bertz CT molecular complexity index is 566. The number of nitrogens with two attached hydrogens (primary N) is 1. The Hall–Kier alpha value is -1.87. The molecule has 0 aromatic heterocycles. The maximum atomic E-state index is 13.1. The molecule has 2 nitrogen and oxygen atoms in total. The average Bonchev–Trinajstić information content (AvgIpc) is 2.46. The van der Waals surface area contributed by atoms with E-state index in [4.69, 9.17) is 10.5 Å². The standard InChI is InChI=1S/C17H20FNO/c1-12-11-14(5-8-17(12)20-2)16(9-10-19)13-3-6-15(18)7-4-13/h3-8,11,16H,9-10,19H2,1-2H3. The molecule has 0 saturated carbocycles. The minimum atomic E-state index is -0.217. The van der Waals surface area contributed by atoms with Gasteiger partial charge in [-0.25, -0.2) is 4.39 Å². The van der Waals surface area contributed by atoms with Crippen LogP contribution in [0.4, 0.5) is 4.39 Å². The second-order valence-electron chi connectivity index (χ2n) is 4.91. The van der Waals surface area contributed by atoms with Gasteiger partial charge in [0.2, 0.25) is 0 Å². The van der Waals surface area contributed by atoms with Crippen molar-refractivity contribution in [2.24, 2.45) is 5.73 Å². The fourth-order valence-electron chi connectivity index (χ4n) is 2.51. The number of rotatable bonds is 5. The van der Waals surface area contributed by atoms with E-state index in [1.165, 1.54) is 17.7 Å². The van der Waals surface area contributed by atoms with Crippen molar-refractivity contribution in [1.82, 2.24) is 0 Å². The van der Waals surface area contributed by atoms with Gasteiger partial charge in [-0.3, -0.25) is 0 Å². The molecule has 1 unspecified atom stereocenters. The van der Waals surface area contributed by atoms with Gasteiger partial charge in [0.05, 0.1) is 7.11 Å². The van der Waals surface area contributed by atoms with Crippen LogP contribution in [0, 0.1) is 12.7 Å². The van der Waals surface area contributed by atoms with Crippen LogP contribution in [0.1, 0.15) is 29.0 Å². The highest BCUT2D eigenvalue weighted by Crippen LogP contribution is 2.30. The summed E-state index contributed by atoms with van der Waals surface area (Å²) in [6.45, 7) is 2.61. The first-order valence-corrected chi connectivity index (χ1v) is 6.75. The molecule has 2 aromatic rings. The molecular weight excluding hydrogens is 253 g/mol. The SMILES string of the molecule is COc1ccc(C(CCN)c2ccc(F)cc2)cc1C. The first-order chi connectivity index (χ1) is 9.65. The van der Waals surface area contributed by atoms with Crippen molar-refractivity contribution in [3.05, 3.63) is 65.0 Å². The Labute approximate surface area is 119 Å². The van der Waals surface area contributed by atoms with Gasteiger partial charge in [-0.2, -0.15) is 0 Å². The van der Waals surface area contributed by atoms with Gasteiger partial charge in [-0.1, -0.05) is 24.3 Å². The van der Waals surface area contributed by atoms with Crippen molar-refractivity contribution in [3.8, 4) is 5.75 Å². The molecule has 0 radical (unpaired) electrons. The summed E-state index contributed by atoms with van der Waals surface area (Å²) in [6, 6.07) is 12.8. The highest BCUT2D eigenvalue weighted by molar-refractivity contribution is 5.41. The third kappa shape index (κ3) is 3.17. The van der Waals surface area contributed by atoms with Gasteiger partial charge >= 0.3 is 0 Å². The zero-order chi connectivity index (χ0) is 14.5. The minimum absolute atomic E-state index is 0.185. The average molecular weight is 273 g/mol. The van der Waals surface area contributed by atoms with Crippen molar-refractivity contribution >= 4 is 0 Å². The number of hydrogen-bond acceptors (Lipinski definition) is 2. The highest BCUT2D eigenvalue weighted by Gasteiger charge is 2.14. The summed E-state index contributed by atoms with van der Waals surface area (Å²) in [7, 11) is 1.67. The number of ether oxygens (including phenoxy) is 1. The van der Waals surface area contributed by atoms with Gasteiger partial charge in [0, 0.05) is 5.92 Å². The van der Waals surface area contributed by atoms with E-state index in [1.54, 1.807) is 7.11 Å². The van der Waals surface area contributed by atoms with Gasteiger partial charge < -0.3 is 10.5 Å². The molecule has 1 atom stereocenters. The largest absolute Gasteiger partial charge is 0.496 e.